The molecule has 0 aliphatic heterocycles. The molecule has 0 fully saturated rings. The van der Waals surface area contributed by atoms with E-state index in [2.05, 4.69) is 0 Å². The number of aryl methyl sites for hydroxylation is 2. The molecular formula is C14H15F2NO2. The maximum Gasteiger partial charge on any atom is 0.134 e. The van der Waals surface area contributed by atoms with Gasteiger partial charge in [0.1, 0.15) is 28.9 Å². The molecule has 2 N–H and O–H groups in total. The molecule has 0 amide bonds. The van der Waals surface area contributed by atoms with Crippen LogP contribution in [0.1, 0.15) is 28.7 Å². The van der Waals surface area contributed by atoms with Gasteiger partial charge in [-0.05, 0) is 19.9 Å². The third kappa shape index (κ3) is 2.46. The summed E-state index contributed by atoms with van der Waals surface area (Å²) in [6.45, 7) is 3.46. The molecule has 0 spiro atoms. The van der Waals surface area contributed by atoms with Crippen LogP contribution < -0.4 is 10.5 Å². The molecule has 19 heavy (non-hydrogen) atoms. The van der Waals surface area contributed by atoms with E-state index in [0.717, 1.165) is 12.1 Å². The fourth-order valence-corrected chi connectivity index (χ4v) is 2.09. The number of ether oxygens (including phenoxy) is 1. The molecule has 0 saturated heterocycles. The Bertz CT molecular complexity index is 584. The summed E-state index contributed by atoms with van der Waals surface area (Å²) in [5, 5.41) is 0. The quantitative estimate of drug-likeness (QED) is 0.928. The second-order valence-corrected chi connectivity index (χ2v) is 4.35. The molecule has 1 heterocycles. The van der Waals surface area contributed by atoms with E-state index in [1.54, 1.807) is 19.9 Å². The lowest BCUT2D eigenvalue weighted by Gasteiger charge is -2.14. The van der Waals surface area contributed by atoms with Crippen molar-refractivity contribution in [3.63, 3.8) is 0 Å². The van der Waals surface area contributed by atoms with E-state index in [1.807, 2.05) is 0 Å². The van der Waals surface area contributed by atoms with Crippen LogP contribution in [0.2, 0.25) is 0 Å². The number of nitrogens with two attached hydrogens (primary N) is 1. The van der Waals surface area contributed by atoms with Crippen LogP contribution in [-0.4, -0.2) is 7.11 Å². The van der Waals surface area contributed by atoms with Crippen molar-refractivity contribution < 1.29 is 17.9 Å². The lowest BCUT2D eigenvalue weighted by molar-refractivity contribution is 0.404. The number of hydrogen-bond acceptors (Lipinski definition) is 3. The predicted octanol–water partition coefficient (Wildman–Crippen LogP) is 3.23. The first-order valence-electron chi connectivity index (χ1n) is 5.79. The van der Waals surface area contributed by atoms with Crippen LogP contribution in [0.15, 0.2) is 22.6 Å². The zero-order valence-corrected chi connectivity index (χ0v) is 11.0. The van der Waals surface area contributed by atoms with Gasteiger partial charge in [-0.1, -0.05) is 0 Å². The fourth-order valence-electron chi connectivity index (χ4n) is 2.09. The standard InChI is InChI=1S/C14H15F2NO2/c1-7-4-10(8(2)19-7)14(17)13-11(15)5-9(18-3)6-12(13)16/h4-6,14H,17H2,1-3H3. The summed E-state index contributed by atoms with van der Waals surface area (Å²) in [4.78, 5) is 0. The van der Waals surface area contributed by atoms with Crippen LogP contribution in [0, 0.1) is 25.5 Å². The van der Waals surface area contributed by atoms with Crippen LogP contribution >= 0.6 is 0 Å². The van der Waals surface area contributed by atoms with Crippen molar-refractivity contribution in [1.82, 2.24) is 0 Å². The summed E-state index contributed by atoms with van der Waals surface area (Å²) < 4.78 is 38.0. The summed E-state index contributed by atoms with van der Waals surface area (Å²) in [6.07, 6.45) is 0. The minimum atomic E-state index is -0.914. The Morgan fingerprint density at radius 1 is 1.16 bits per heavy atom. The highest BCUT2D eigenvalue weighted by molar-refractivity contribution is 5.39. The van der Waals surface area contributed by atoms with Crippen LogP contribution in [0.5, 0.6) is 5.75 Å². The molecule has 0 saturated carbocycles. The molecular weight excluding hydrogens is 252 g/mol. The first-order chi connectivity index (χ1) is 8.93. The topological polar surface area (TPSA) is 48.4 Å². The smallest absolute Gasteiger partial charge is 0.134 e. The Morgan fingerprint density at radius 3 is 2.16 bits per heavy atom. The van der Waals surface area contributed by atoms with Gasteiger partial charge in [-0.15, -0.1) is 0 Å². The zero-order chi connectivity index (χ0) is 14.2. The molecule has 0 radical (unpaired) electrons. The molecule has 1 aromatic carbocycles. The Kier molecular flexibility index (Phi) is 3.57. The maximum absolute atomic E-state index is 13.9. The minimum absolute atomic E-state index is 0.117. The highest BCUT2D eigenvalue weighted by atomic mass is 19.1. The predicted molar refractivity (Wildman–Crippen MR) is 67.1 cm³/mol. The number of furan rings is 1. The van der Waals surface area contributed by atoms with Crippen molar-refractivity contribution in [3.8, 4) is 5.75 Å². The van der Waals surface area contributed by atoms with Crippen molar-refractivity contribution in [2.45, 2.75) is 19.9 Å². The summed E-state index contributed by atoms with van der Waals surface area (Å²) in [5.74, 6) is -0.145. The number of hydrogen-bond donors (Lipinski definition) is 1. The molecule has 1 aromatic heterocycles. The average Bonchev–Trinajstić information content (AvgIpc) is 2.67. The molecule has 5 heteroatoms. The van der Waals surface area contributed by atoms with E-state index in [0.29, 0.717) is 17.1 Å². The van der Waals surface area contributed by atoms with E-state index in [9.17, 15) is 8.78 Å². The Balaban J connectivity index is 2.50. The van der Waals surface area contributed by atoms with E-state index in [-0.39, 0.29) is 11.3 Å². The Labute approximate surface area is 110 Å². The third-order valence-corrected chi connectivity index (χ3v) is 3.01. The molecule has 2 rings (SSSR count). The SMILES string of the molecule is COc1cc(F)c(C(N)c2cc(C)oc2C)c(F)c1. The summed E-state index contributed by atoms with van der Waals surface area (Å²) in [6, 6.07) is 2.99. The van der Waals surface area contributed by atoms with E-state index in [1.165, 1.54) is 7.11 Å². The first kappa shape index (κ1) is 13.5. The fraction of sp³-hybridized carbons (Fsp3) is 0.286. The van der Waals surface area contributed by atoms with Crippen LogP contribution in [0.25, 0.3) is 0 Å². The second-order valence-electron chi connectivity index (χ2n) is 4.35. The van der Waals surface area contributed by atoms with Gasteiger partial charge in [0, 0.05) is 23.3 Å². The Morgan fingerprint density at radius 2 is 1.74 bits per heavy atom. The number of methoxy groups -OCH3 is 1. The molecule has 1 unspecified atom stereocenters. The highest BCUT2D eigenvalue weighted by Crippen LogP contribution is 2.31. The molecule has 2 aromatic rings. The van der Waals surface area contributed by atoms with Crippen molar-refractivity contribution in [2.75, 3.05) is 7.11 Å². The van der Waals surface area contributed by atoms with Gasteiger partial charge in [0.15, 0.2) is 0 Å². The van der Waals surface area contributed by atoms with Gasteiger partial charge in [0.05, 0.1) is 13.2 Å². The maximum atomic E-state index is 13.9. The Hall–Kier alpha value is -1.88. The molecule has 0 aliphatic rings. The molecule has 0 bridgehead atoms. The first-order valence-corrected chi connectivity index (χ1v) is 5.79. The monoisotopic (exact) mass is 267 g/mol. The summed E-state index contributed by atoms with van der Waals surface area (Å²) >= 11 is 0. The lowest BCUT2D eigenvalue weighted by Crippen LogP contribution is -2.16. The largest absolute Gasteiger partial charge is 0.497 e. The van der Waals surface area contributed by atoms with Crippen molar-refractivity contribution in [1.29, 1.82) is 0 Å². The van der Waals surface area contributed by atoms with Gasteiger partial charge in [-0.2, -0.15) is 0 Å². The highest BCUT2D eigenvalue weighted by Gasteiger charge is 2.23. The van der Waals surface area contributed by atoms with E-state index < -0.39 is 17.7 Å². The molecule has 102 valence electrons. The normalized spacial score (nSPS) is 12.5. The van der Waals surface area contributed by atoms with Gasteiger partial charge >= 0.3 is 0 Å². The molecule has 3 nitrogen and oxygen atoms in total. The van der Waals surface area contributed by atoms with Crippen molar-refractivity contribution >= 4 is 0 Å². The van der Waals surface area contributed by atoms with Gasteiger partial charge < -0.3 is 14.9 Å². The number of rotatable bonds is 3. The van der Waals surface area contributed by atoms with Gasteiger partial charge in [-0.25, -0.2) is 8.78 Å². The van der Waals surface area contributed by atoms with Crippen molar-refractivity contribution in [2.24, 2.45) is 5.73 Å². The average molecular weight is 267 g/mol. The van der Waals surface area contributed by atoms with Crippen LogP contribution in [0.3, 0.4) is 0 Å². The van der Waals surface area contributed by atoms with Gasteiger partial charge in [0.2, 0.25) is 0 Å². The number of halogens is 2. The van der Waals surface area contributed by atoms with E-state index in [4.69, 9.17) is 14.9 Å². The van der Waals surface area contributed by atoms with Gasteiger partial charge in [0.25, 0.3) is 0 Å². The van der Waals surface area contributed by atoms with E-state index >= 15 is 0 Å². The van der Waals surface area contributed by atoms with Crippen LogP contribution in [0.4, 0.5) is 8.78 Å². The summed E-state index contributed by atoms with van der Waals surface area (Å²) in [5.41, 5.74) is 6.32. The van der Waals surface area contributed by atoms with Gasteiger partial charge in [-0.3, -0.25) is 0 Å². The second kappa shape index (κ2) is 5.01. The molecule has 1 atom stereocenters. The third-order valence-electron chi connectivity index (χ3n) is 3.01. The van der Waals surface area contributed by atoms with Crippen LogP contribution in [-0.2, 0) is 0 Å². The lowest BCUT2D eigenvalue weighted by atomic mass is 9.98. The summed E-state index contributed by atoms with van der Waals surface area (Å²) in [7, 11) is 1.34. The van der Waals surface area contributed by atoms with Crippen molar-refractivity contribution in [3.05, 3.63) is 52.5 Å². The minimum Gasteiger partial charge on any atom is -0.497 e. The molecule has 0 aliphatic carbocycles. The number of benzene rings is 1. The zero-order valence-electron chi connectivity index (χ0n) is 11.0.